The zero-order valence-electron chi connectivity index (χ0n) is 9.54. The molecule has 0 spiro atoms. The van der Waals surface area contributed by atoms with E-state index in [0.29, 0.717) is 19.0 Å². The van der Waals surface area contributed by atoms with Crippen molar-refractivity contribution in [3.63, 3.8) is 0 Å². The van der Waals surface area contributed by atoms with E-state index in [1.54, 1.807) is 0 Å². The molecule has 2 rings (SSSR count). The van der Waals surface area contributed by atoms with Gasteiger partial charge < -0.3 is 24.4 Å². The molecular formula is C11H11N3O4. The summed E-state index contributed by atoms with van der Waals surface area (Å²) >= 11 is 0. The molecule has 0 unspecified atom stereocenters. The van der Waals surface area contributed by atoms with Crippen LogP contribution >= 0.6 is 0 Å². The summed E-state index contributed by atoms with van der Waals surface area (Å²) in [6.45, 7) is 8.22. The van der Waals surface area contributed by atoms with Crippen molar-refractivity contribution in [1.29, 1.82) is 0 Å². The Hall–Kier alpha value is -2.20. The zero-order valence-corrected chi connectivity index (χ0v) is 9.54. The summed E-state index contributed by atoms with van der Waals surface area (Å²) in [5.41, 5.74) is 0. The van der Waals surface area contributed by atoms with Crippen LogP contribution in [0.2, 0.25) is 0 Å². The summed E-state index contributed by atoms with van der Waals surface area (Å²) < 4.78 is 10.8. The predicted molar refractivity (Wildman–Crippen MR) is 61.6 cm³/mol. The molecular weight excluding hydrogens is 238 g/mol. The molecule has 1 aliphatic heterocycles. The number of rotatable bonds is 3. The molecule has 0 aliphatic carbocycles. The fourth-order valence-electron chi connectivity index (χ4n) is 1.67. The average Bonchev–Trinajstić information content (AvgIpc) is 2.40. The third-order valence-corrected chi connectivity index (χ3v) is 2.58. The molecule has 94 valence electrons. The molecule has 0 radical (unpaired) electrons. The molecule has 0 N–H and O–H groups in total. The molecule has 0 amide bonds. The maximum atomic E-state index is 10.6. The van der Waals surface area contributed by atoms with Crippen molar-refractivity contribution in [2.45, 2.75) is 18.9 Å². The first-order valence-electron chi connectivity index (χ1n) is 5.48. The standard InChI is InChI=1S/C11H11N3O4/c1-12-11-9(2-3-10(13-11)14(15)16)18-8-4-6-17-7-5-8/h2-3,8H,4-7H2. The third-order valence-electron chi connectivity index (χ3n) is 2.58. The van der Waals surface area contributed by atoms with Crippen LogP contribution in [0.15, 0.2) is 12.1 Å². The van der Waals surface area contributed by atoms with Gasteiger partial charge in [0.1, 0.15) is 11.9 Å². The van der Waals surface area contributed by atoms with Gasteiger partial charge in [-0.05, 0) is 11.0 Å². The fraction of sp³-hybridized carbons (Fsp3) is 0.455. The maximum Gasteiger partial charge on any atom is 0.350 e. The van der Waals surface area contributed by atoms with Gasteiger partial charge in [0.15, 0.2) is 0 Å². The zero-order chi connectivity index (χ0) is 13.0. The van der Waals surface area contributed by atoms with Gasteiger partial charge in [0.25, 0.3) is 0 Å². The highest BCUT2D eigenvalue weighted by Crippen LogP contribution is 2.30. The Morgan fingerprint density at radius 3 is 2.83 bits per heavy atom. The predicted octanol–water partition coefficient (Wildman–Crippen LogP) is 2.10. The summed E-state index contributed by atoms with van der Waals surface area (Å²) in [6, 6.07) is 2.66. The maximum absolute atomic E-state index is 10.6. The van der Waals surface area contributed by atoms with E-state index in [9.17, 15) is 10.1 Å². The lowest BCUT2D eigenvalue weighted by molar-refractivity contribution is -0.389. The van der Waals surface area contributed by atoms with E-state index in [-0.39, 0.29) is 17.7 Å². The highest BCUT2D eigenvalue weighted by atomic mass is 16.6. The van der Waals surface area contributed by atoms with Crippen molar-refractivity contribution in [2.75, 3.05) is 13.2 Å². The van der Waals surface area contributed by atoms with Crippen molar-refractivity contribution in [1.82, 2.24) is 4.98 Å². The second kappa shape index (κ2) is 5.42. The first kappa shape index (κ1) is 12.3. The van der Waals surface area contributed by atoms with Crippen LogP contribution in [0, 0.1) is 16.7 Å². The Labute approximate surface area is 103 Å². The Balaban J connectivity index is 2.17. The van der Waals surface area contributed by atoms with Crippen molar-refractivity contribution < 1.29 is 14.4 Å². The van der Waals surface area contributed by atoms with Crippen molar-refractivity contribution in [3.8, 4) is 5.75 Å². The number of hydrogen-bond donors (Lipinski definition) is 0. The van der Waals surface area contributed by atoms with Crippen LogP contribution < -0.4 is 4.74 Å². The molecule has 0 bridgehead atoms. The molecule has 7 heteroatoms. The number of hydrogen-bond acceptors (Lipinski definition) is 5. The van der Waals surface area contributed by atoms with Crippen molar-refractivity contribution >= 4 is 11.6 Å². The number of nitro groups is 1. The molecule has 1 aromatic rings. The average molecular weight is 249 g/mol. The van der Waals surface area contributed by atoms with Crippen LogP contribution in [0.5, 0.6) is 5.75 Å². The molecule has 1 aliphatic rings. The lowest BCUT2D eigenvalue weighted by atomic mass is 10.1. The van der Waals surface area contributed by atoms with Crippen LogP contribution in [0.3, 0.4) is 0 Å². The van der Waals surface area contributed by atoms with Crippen molar-refractivity contribution in [3.05, 3.63) is 33.7 Å². The van der Waals surface area contributed by atoms with Crippen LogP contribution in [0.25, 0.3) is 4.85 Å². The highest BCUT2D eigenvalue weighted by Gasteiger charge is 2.19. The van der Waals surface area contributed by atoms with Crippen LogP contribution in [0.4, 0.5) is 11.6 Å². The molecule has 7 nitrogen and oxygen atoms in total. The van der Waals surface area contributed by atoms with E-state index in [2.05, 4.69) is 9.83 Å². The smallest absolute Gasteiger partial charge is 0.350 e. The summed E-state index contributed by atoms with van der Waals surface area (Å²) in [6.07, 6.45) is 1.46. The second-order valence-corrected chi connectivity index (χ2v) is 3.79. The minimum Gasteiger partial charge on any atom is -0.499 e. The Kier molecular flexibility index (Phi) is 3.69. The first-order valence-corrected chi connectivity index (χ1v) is 5.48. The van der Waals surface area contributed by atoms with E-state index in [1.807, 2.05) is 0 Å². The quantitative estimate of drug-likeness (QED) is 0.465. The van der Waals surface area contributed by atoms with Crippen molar-refractivity contribution in [2.24, 2.45) is 0 Å². The molecule has 1 fully saturated rings. The molecule has 0 aromatic carbocycles. The Bertz CT molecular complexity index is 492. The van der Waals surface area contributed by atoms with E-state index < -0.39 is 4.92 Å². The van der Waals surface area contributed by atoms with Gasteiger partial charge in [-0.1, -0.05) is 11.6 Å². The number of aromatic nitrogens is 1. The Morgan fingerprint density at radius 1 is 1.50 bits per heavy atom. The minimum absolute atomic E-state index is 0.0255. The monoisotopic (exact) mass is 249 g/mol. The van der Waals surface area contributed by atoms with Gasteiger partial charge in [-0.25, -0.2) is 0 Å². The normalized spacial score (nSPS) is 15.9. The van der Waals surface area contributed by atoms with E-state index in [0.717, 1.165) is 12.8 Å². The lowest BCUT2D eigenvalue weighted by Gasteiger charge is -2.23. The van der Waals surface area contributed by atoms with Gasteiger partial charge in [0, 0.05) is 18.9 Å². The molecule has 1 saturated heterocycles. The second-order valence-electron chi connectivity index (χ2n) is 3.79. The number of pyridine rings is 1. The third kappa shape index (κ3) is 2.73. The highest BCUT2D eigenvalue weighted by molar-refractivity contribution is 5.53. The summed E-state index contributed by atoms with van der Waals surface area (Å²) in [5.74, 6) is -0.126. The topological polar surface area (TPSA) is 78.9 Å². The summed E-state index contributed by atoms with van der Waals surface area (Å²) in [4.78, 5) is 16.7. The molecule has 1 aromatic heterocycles. The Morgan fingerprint density at radius 2 is 2.22 bits per heavy atom. The van der Waals surface area contributed by atoms with E-state index in [1.165, 1.54) is 12.1 Å². The summed E-state index contributed by atoms with van der Waals surface area (Å²) in [5, 5.41) is 10.6. The fourth-order valence-corrected chi connectivity index (χ4v) is 1.67. The van der Waals surface area contributed by atoms with Gasteiger partial charge in [-0.2, -0.15) is 0 Å². The van der Waals surface area contributed by atoms with Gasteiger partial charge >= 0.3 is 11.6 Å². The molecule has 0 saturated carbocycles. The van der Waals surface area contributed by atoms with Crippen LogP contribution in [-0.2, 0) is 4.74 Å². The number of ether oxygens (including phenoxy) is 2. The SMILES string of the molecule is [C-]#[N+]c1nc([N+](=O)[O-])ccc1OC1CCOCC1. The van der Waals surface area contributed by atoms with E-state index in [4.69, 9.17) is 16.0 Å². The molecule has 0 atom stereocenters. The van der Waals surface area contributed by atoms with Crippen LogP contribution in [-0.4, -0.2) is 29.2 Å². The molecule has 2 heterocycles. The van der Waals surface area contributed by atoms with Gasteiger partial charge in [0.05, 0.1) is 13.2 Å². The largest absolute Gasteiger partial charge is 0.499 e. The lowest BCUT2D eigenvalue weighted by Crippen LogP contribution is -2.25. The van der Waals surface area contributed by atoms with E-state index >= 15 is 0 Å². The first-order chi connectivity index (χ1) is 8.70. The minimum atomic E-state index is -0.632. The van der Waals surface area contributed by atoms with Gasteiger partial charge in [-0.15, -0.1) is 0 Å². The molecule has 18 heavy (non-hydrogen) atoms. The van der Waals surface area contributed by atoms with Gasteiger partial charge in [-0.3, -0.25) is 0 Å². The van der Waals surface area contributed by atoms with Crippen LogP contribution in [0.1, 0.15) is 12.8 Å². The number of nitrogens with zero attached hydrogens (tertiary/aromatic N) is 3. The summed E-state index contributed by atoms with van der Waals surface area (Å²) in [7, 11) is 0. The van der Waals surface area contributed by atoms with Gasteiger partial charge in [0.2, 0.25) is 0 Å².